The van der Waals surface area contributed by atoms with E-state index in [-0.39, 0.29) is 26.4 Å². The summed E-state index contributed by atoms with van der Waals surface area (Å²) in [5, 5.41) is 0. The van der Waals surface area contributed by atoms with Gasteiger partial charge in [-0.3, -0.25) is 14.4 Å². The second-order valence-corrected chi connectivity index (χ2v) is 8.21. The van der Waals surface area contributed by atoms with Crippen LogP contribution in [0.15, 0.2) is 60.7 Å². The lowest BCUT2D eigenvalue weighted by Gasteiger charge is -2.33. The van der Waals surface area contributed by atoms with Crippen molar-refractivity contribution >= 4 is 17.9 Å². The van der Waals surface area contributed by atoms with Crippen LogP contribution >= 0.6 is 0 Å². The minimum absolute atomic E-state index is 0.0931. The molecular weight excluding hydrogens is 456 g/mol. The van der Waals surface area contributed by atoms with Gasteiger partial charge in [0.2, 0.25) is 6.29 Å². The Morgan fingerprint density at radius 2 is 1.34 bits per heavy atom. The van der Waals surface area contributed by atoms with Gasteiger partial charge >= 0.3 is 17.9 Å². The summed E-state index contributed by atoms with van der Waals surface area (Å²) < 4.78 is 34.4. The average molecular weight is 487 g/mol. The highest BCUT2D eigenvalue weighted by atomic mass is 16.8. The van der Waals surface area contributed by atoms with Gasteiger partial charge in [-0.2, -0.15) is 0 Å². The van der Waals surface area contributed by atoms with Crippen LogP contribution in [-0.4, -0.2) is 55.2 Å². The Labute approximate surface area is 204 Å². The van der Waals surface area contributed by atoms with E-state index in [4.69, 9.17) is 28.4 Å². The molecular formula is C26H30O9. The molecule has 1 heterocycles. The maximum Gasteiger partial charge on any atom is 0.305 e. The van der Waals surface area contributed by atoms with Crippen LogP contribution in [-0.2, 0) is 56.0 Å². The molecule has 0 radical (unpaired) electrons. The average Bonchev–Trinajstić information content (AvgIpc) is 3.09. The van der Waals surface area contributed by atoms with Gasteiger partial charge in [0.15, 0.2) is 11.7 Å². The highest BCUT2D eigenvalue weighted by Gasteiger charge is 2.60. The number of hydrogen-bond acceptors (Lipinski definition) is 9. The van der Waals surface area contributed by atoms with Crippen LogP contribution in [0.4, 0.5) is 0 Å². The quantitative estimate of drug-likeness (QED) is 0.350. The van der Waals surface area contributed by atoms with Gasteiger partial charge in [-0.1, -0.05) is 60.7 Å². The highest BCUT2D eigenvalue weighted by Crippen LogP contribution is 2.38. The third-order valence-corrected chi connectivity index (χ3v) is 5.27. The predicted octanol–water partition coefficient (Wildman–Crippen LogP) is 2.94. The molecule has 1 unspecified atom stereocenters. The Bertz CT molecular complexity index is 979. The van der Waals surface area contributed by atoms with Crippen LogP contribution in [0.5, 0.6) is 0 Å². The van der Waals surface area contributed by atoms with Crippen molar-refractivity contribution in [1.82, 2.24) is 0 Å². The zero-order chi connectivity index (χ0) is 25.3. The largest absolute Gasteiger partial charge is 0.463 e. The smallest absolute Gasteiger partial charge is 0.305 e. The summed E-state index contributed by atoms with van der Waals surface area (Å²) in [6.07, 6.45) is -3.38. The molecule has 188 valence electrons. The molecule has 3 rings (SSSR count). The number of rotatable bonds is 11. The molecule has 1 saturated heterocycles. The first-order valence-electron chi connectivity index (χ1n) is 11.2. The Hall–Kier alpha value is -3.27. The van der Waals surface area contributed by atoms with E-state index in [1.165, 1.54) is 20.8 Å². The fourth-order valence-electron chi connectivity index (χ4n) is 3.79. The van der Waals surface area contributed by atoms with E-state index in [9.17, 15) is 14.4 Å². The van der Waals surface area contributed by atoms with Gasteiger partial charge in [0.05, 0.1) is 19.8 Å². The van der Waals surface area contributed by atoms with Crippen molar-refractivity contribution in [2.45, 2.75) is 58.1 Å². The zero-order valence-electron chi connectivity index (χ0n) is 20.0. The van der Waals surface area contributed by atoms with Gasteiger partial charge in [0.25, 0.3) is 0 Å². The minimum Gasteiger partial charge on any atom is -0.463 e. The molecule has 9 nitrogen and oxygen atoms in total. The standard InChI is InChI=1S/C26H30O9/c1-18(27)32-17-26(16-30-14-21-10-6-4-7-11-21)24(31-15-22-12-8-5-9-13-22)23(33-19(2)28)25(35-26)34-20(3)29/h4-13,23-25H,14-17H2,1-3H3/t23?,24-,25+,26+/m1/s1. The van der Waals surface area contributed by atoms with E-state index in [0.717, 1.165) is 11.1 Å². The molecule has 0 aliphatic carbocycles. The molecule has 2 aromatic rings. The molecule has 0 spiro atoms. The summed E-state index contributed by atoms with van der Waals surface area (Å²) in [5.41, 5.74) is 0.356. The van der Waals surface area contributed by atoms with Crippen molar-refractivity contribution in [3.05, 3.63) is 71.8 Å². The fraction of sp³-hybridized carbons (Fsp3) is 0.423. The van der Waals surface area contributed by atoms with Crippen molar-refractivity contribution in [1.29, 1.82) is 0 Å². The van der Waals surface area contributed by atoms with Crippen molar-refractivity contribution in [3.63, 3.8) is 0 Å². The lowest BCUT2D eigenvalue weighted by molar-refractivity contribution is -0.222. The lowest BCUT2D eigenvalue weighted by Crippen LogP contribution is -2.53. The third-order valence-electron chi connectivity index (χ3n) is 5.27. The fourth-order valence-corrected chi connectivity index (χ4v) is 3.79. The van der Waals surface area contributed by atoms with E-state index in [1.54, 1.807) is 0 Å². The molecule has 1 aliphatic heterocycles. The summed E-state index contributed by atoms with van der Waals surface area (Å²) in [6.45, 7) is 3.73. The normalized spacial score (nSPS) is 23.5. The first-order valence-corrected chi connectivity index (χ1v) is 11.2. The lowest BCUT2D eigenvalue weighted by atomic mass is 9.96. The van der Waals surface area contributed by atoms with E-state index >= 15 is 0 Å². The molecule has 0 amide bonds. The Morgan fingerprint density at radius 3 is 1.89 bits per heavy atom. The van der Waals surface area contributed by atoms with E-state index in [0.29, 0.717) is 0 Å². The molecule has 0 N–H and O–H groups in total. The summed E-state index contributed by atoms with van der Waals surface area (Å²) >= 11 is 0. The van der Waals surface area contributed by atoms with Crippen LogP contribution < -0.4 is 0 Å². The minimum atomic E-state index is -1.42. The van der Waals surface area contributed by atoms with Crippen molar-refractivity contribution in [2.24, 2.45) is 0 Å². The van der Waals surface area contributed by atoms with Crippen molar-refractivity contribution in [2.75, 3.05) is 13.2 Å². The summed E-state index contributed by atoms with van der Waals surface area (Å²) in [7, 11) is 0. The SMILES string of the molecule is CC(=O)OC[C@]1(COCc2ccccc2)O[C@H](OC(C)=O)C(OC(C)=O)[C@H]1OCc1ccccc1. The zero-order valence-corrected chi connectivity index (χ0v) is 20.0. The van der Waals surface area contributed by atoms with E-state index < -0.39 is 42.0 Å². The van der Waals surface area contributed by atoms with Gasteiger partial charge in [-0.05, 0) is 11.1 Å². The maximum atomic E-state index is 11.9. The second-order valence-electron chi connectivity index (χ2n) is 8.21. The van der Waals surface area contributed by atoms with E-state index in [1.807, 2.05) is 60.7 Å². The summed E-state index contributed by atoms with van der Waals surface area (Å²) in [5.74, 6) is -1.79. The molecule has 4 atom stereocenters. The number of carbonyl (C=O) groups excluding carboxylic acids is 3. The highest BCUT2D eigenvalue weighted by molar-refractivity contribution is 5.67. The van der Waals surface area contributed by atoms with Gasteiger partial charge in [0.1, 0.15) is 12.7 Å². The Kier molecular flexibility index (Phi) is 9.36. The predicted molar refractivity (Wildman–Crippen MR) is 123 cm³/mol. The second kappa shape index (κ2) is 12.4. The number of ether oxygens (including phenoxy) is 6. The van der Waals surface area contributed by atoms with Crippen molar-refractivity contribution < 1.29 is 42.8 Å². The molecule has 0 aromatic heterocycles. The molecule has 35 heavy (non-hydrogen) atoms. The monoisotopic (exact) mass is 486 g/mol. The number of hydrogen-bond donors (Lipinski definition) is 0. The van der Waals surface area contributed by atoms with Crippen LogP contribution in [0.25, 0.3) is 0 Å². The van der Waals surface area contributed by atoms with Crippen LogP contribution in [0, 0.1) is 0 Å². The topological polar surface area (TPSA) is 107 Å². The molecule has 0 bridgehead atoms. The Morgan fingerprint density at radius 1 is 0.771 bits per heavy atom. The van der Waals surface area contributed by atoms with Gasteiger partial charge < -0.3 is 28.4 Å². The van der Waals surface area contributed by atoms with Crippen molar-refractivity contribution in [3.8, 4) is 0 Å². The third kappa shape index (κ3) is 7.61. The first kappa shape index (κ1) is 26.3. The van der Waals surface area contributed by atoms with Gasteiger partial charge in [-0.15, -0.1) is 0 Å². The number of carbonyl (C=O) groups is 3. The van der Waals surface area contributed by atoms with Gasteiger partial charge in [-0.25, -0.2) is 0 Å². The van der Waals surface area contributed by atoms with Crippen LogP contribution in [0.2, 0.25) is 0 Å². The molecule has 9 heteroatoms. The molecule has 1 fully saturated rings. The number of benzene rings is 2. The molecule has 2 aromatic carbocycles. The van der Waals surface area contributed by atoms with Crippen LogP contribution in [0.3, 0.4) is 0 Å². The molecule has 0 saturated carbocycles. The number of esters is 3. The maximum absolute atomic E-state index is 11.9. The van der Waals surface area contributed by atoms with Crippen LogP contribution in [0.1, 0.15) is 31.9 Å². The summed E-state index contributed by atoms with van der Waals surface area (Å²) in [6, 6.07) is 18.8. The Balaban J connectivity index is 1.91. The first-order chi connectivity index (χ1) is 16.8. The van der Waals surface area contributed by atoms with Gasteiger partial charge in [0, 0.05) is 20.8 Å². The summed E-state index contributed by atoms with van der Waals surface area (Å²) in [4.78, 5) is 35.4. The van der Waals surface area contributed by atoms with E-state index in [2.05, 4.69) is 0 Å². The molecule has 1 aliphatic rings.